The number of carbonyl (C=O) groups excluding carboxylic acids is 1. The molecular weight excluding hydrogens is 531 g/mol. The van der Waals surface area contributed by atoms with Crippen LogP contribution in [0.4, 0.5) is 5.13 Å². The van der Waals surface area contributed by atoms with E-state index in [2.05, 4.69) is 25.9 Å². The van der Waals surface area contributed by atoms with Crippen molar-refractivity contribution in [2.45, 2.75) is 13.0 Å². The van der Waals surface area contributed by atoms with E-state index in [0.717, 1.165) is 22.1 Å². The van der Waals surface area contributed by atoms with Gasteiger partial charge in [0.1, 0.15) is 5.52 Å². The number of para-hydroxylation sites is 1. The summed E-state index contributed by atoms with van der Waals surface area (Å²) in [5.41, 5.74) is 1.12. The summed E-state index contributed by atoms with van der Waals surface area (Å²) < 4.78 is 3.69. The second-order valence-corrected chi connectivity index (χ2v) is 9.06. The van der Waals surface area contributed by atoms with E-state index >= 15 is 0 Å². The average molecular weight is 547 g/mol. The maximum Gasteiger partial charge on any atom is 0.261 e. The van der Waals surface area contributed by atoms with Crippen LogP contribution in [0.5, 0.6) is 0 Å². The van der Waals surface area contributed by atoms with Gasteiger partial charge in [0.2, 0.25) is 0 Å². The Bertz CT molecular complexity index is 1170. The number of rotatable bonds is 6. The van der Waals surface area contributed by atoms with Crippen molar-refractivity contribution in [1.82, 2.24) is 14.5 Å². The monoisotopic (exact) mass is 544 g/mol. The molecule has 0 spiro atoms. The third-order valence-corrected chi connectivity index (χ3v) is 6.52. The molecule has 0 fully saturated rings. The smallest absolute Gasteiger partial charge is 0.261 e. The van der Waals surface area contributed by atoms with Gasteiger partial charge in [0.05, 0.1) is 26.6 Å². The van der Waals surface area contributed by atoms with Crippen molar-refractivity contribution in [3.8, 4) is 0 Å². The molecule has 156 valence electrons. The number of carbonyl (C=O) groups is 1. The molecule has 0 atom stereocenters. The summed E-state index contributed by atoms with van der Waals surface area (Å²) in [5.74, 6) is -0.197. The molecule has 0 radical (unpaired) electrons. The summed E-state index contributed by atoms with van der Waals surface area (Å²) in [6.45, 7) is 1.22. The molecule has 0 saturated carbocycles. The number of nitrogens with zero attached hydrogens (tertiary/aromatic N) is 4. The lowest BCUT2D eigenvalue weighted by Crippen LogP contribution is -2.32. The zero-order valence-electron chi connectivity index (χ0n) is 15.5. The quantitative estimate of drug-likeness (QED) is 0.270. The Labute approximate surface area is 202 Å². The van der Waals surface area contributed by atoms with Gasteiger partial charge in [0.25, 0.3) is 5.91 Å². The number of halogens is 4. The summed E-state index contributed by atoms with van der Waals surface area (Å²) in [4.78, 5) is 23.8. The fourth-order valence-electron chi connectivity index (χ4n) is 2.94. The molecule has 0 N–H and O–H groups in total. The molecule has 4 rings (SSSR count). The zero-order valence-corrected chi connectivity index (χ0v) is 20.2. The molecule has 2 aromatic heterocycles. The molecule has 4 aromatic rings. The third kappa shape index (κ3) is 4.98. The Balaban J connectivity index is 0.00000256. The fraction of sp³-hybridized carbons (Fsp3) is 0.150. The fourth-order valence-corrected chi connectivity index (χ4v) is 4.79. The van der Waals surface area contributed by atoms with Gasteiger partial charge < -0.3 is 4.57 Å². The first-order valence-corrected chi connectivity index (χ1v) is 11.2. The van der Waals surface area contributed by atoms with Crippen LogP contribution in [0.25, 0.3) is 10.2 Å². The molecule has 0 aliphatic carbocycles. The summed E-state index contributed by atoms with van der Waals surface area (Å²) >= 11 is 17.5. The molecular formula is C20H16BrCl3N4OS. The van der Waals surface area contributed by atoms with Crippen molar-refractivity contribution >= 4 is 84.1 Å². The van der Waals surface area contributed by atoms with Gasteiger partial charge in [-0.25, -0.2) is 9.97 Å². The van der Waals surface area contributed by atoms with Crippen molar-refractivity contribution in [2.24, 2.45) is 0 Å². The number of aryl methyl sites for hydroxylation is 1. The number of anilines is 1. The summed E-state index contributed by atoms with van der Waals surface area (Å²) in [7, 11) is 0. The van der Waals surface area contributed by atoms with Crippen LogP contribution in [0, 0.1) is 0 Å². The maximum atomic E-state index is 13.4. The van der Waals surface area contributed by atoms with Crippen LogP contribution in [-0.2, 0) is 6.54 Å². The lowest BCUT2D eigenvalue weighted by atomic mass is 10.2. The van der Waals surface area contributed by atoms with Crippen LogP contribution in [-0.4, -0.2) is 27.0 Å². The minimum Gasteiger partial charge on any atom is -0.337 e. The van der Waals surface area contributed by atoms with Gasteiger partial charge in [-0.1, -0.05) is 56.5 Å². The Morgan fingerprint density at radius 2 is 2.03 bits per heavy atom. The minimum atomic E-state index is -0.197. The third-order valence-electron chi connectivity index (χ3n) is 4.35. The van der Waals surface area contributed by atoms with Gasteiger partial charge in [0, 0.05) is 30.0 Å². The molecule has 5 nitrogen and oxygen atoms in total. The predicted octanol–water partition coefficient (Wildman–Crippen LogP) is 6.72. The van der Waals surface area contributed by atoms with Gasteiger partial charge >= 0.3 is 0 Å². The maximum absolute atomic E-state index is 13.4. The van der Waals surface area contributed by atoms with Crippen molar-refractivity contribution in [3.05, 3.63) is 75.2 Å². The minimum absolute atomic E-state index is 0. The van der Waals surface area contributed by atoms with Crippen LogP contribution in [0.2, 0.25) is 10.0 Å². The Morgan fingerprint density at radius 3 is 2.77 bits per heavy atom. The van der Waals surface area contributed by atoms with Crippen molar-refractivity contribution in [3.63, 3.8) is 0 Å². The van der Waals surface area contributed by atoms with E-state index in [1.807, 2.05) is 22.9 Å². The van der Waals surface area contributed by atoms with Gasteiger partial charge in [-0.3, -0.25) is 9.69 Å². The highest BCUT2D eigenvalue weighted by Crippen LogP contribution is 2.34. The highest BCUT2D eigenvalue weighted by Gasteiger charge is 2.23. The molecule has 0 saturated heterocycles. The standard InChI is InChI=1S/C20H15BrCl2N4OS.ClH/c21-13-5-6-15(22)14(11-13)19(28)27(9-2-8-26-10-7-24-12-26)20-25-18-16(23)3-1-4-17(18)29-20;/h1,3-7,10-12H,2,8-9H2;1H. The molecule has 1 amide bonds. The van der Waals surface area contributed by atoms with Crippen LogP contribution in [0.1, 0.15) is 16.8 Å². The lowest BCUT2D eigenvalue weighted by molar-refractivity contribution is 0.0986. The highest BCUT2D eigenvalue weighted by molar-refractivity contribution is 9.10. The second kappa shape index (κ2) is 10.1. The summed E-state index contributed by atoms with van der Waals surface area (Å²) in [6, 6.07) is 10.9. The van der Waals surface area contributed by atoms with Crippen molar-refractivity contribution in [1.29, 1.82) is 0 Å². The Hall–Kier alpha value is -1.64. The topological polar surface area (TPSA) is 51.0 Å². The van der Waals surface area contributed by atoms with E-state index in [0.29, 0.717) is 32.8 Å². The summed E-state index contributed by atoms with van der Waals surface area (Å²) in [5, 5.41) is 1.56. The first-order chi connectivity index (χ1) is 14.0. The predicted molar refractivity (Wildman–Crippen MR) is 130 cm³/mol. The summed E-state index contributed by atoms with van der Waals surface area (Å²) in [6.07, 6.45) is 6.13. The number of aromatic nitrogens is 3. The molecule has 0 aliphatic heterocycles. The molecule has 0 unspecified atom stereocenters. The van der Waals surface area contributed by atoms with E-state index in [1.165, 1.54) is 11.3 Å². The van der Waals surface area contributed by atoms with Crippen LogP contribution in [0.15, 0.2) is 59.6 Å². The van der Waals surface area contributed by atoms with E-state index in [4.69, 9.17) is 23.2 Å². The Kier molecular flexibility index (Phi) is 7.76. The van der Waals surface area contributed by atoms with E-state index < -0.39 is 0 Å². The number of benzene rings is 2. The molecule has 2 aromatic carbocycles. The van der Waals surface area contributed by atoms with Gasteiger partial charge in [0.15, 0.2) is 5.13 Å². The molecule has 2 heterocycles. The van der Waals surface area contributed by atoms with Crippen LogP contribution >= 0.6 is 62.9 Å². The molecule has 0 bridgehead atoms. The molecule has 30 heavy (non-hydrogen) atoms. The van der Waals surface area contributed by atoms with E-state index in [-0.39, 0.29) is 18.3 Å². The van der Waals surface area contributed by atoms with Crippen molar-refractivity contribution < 1.29 is 4.79 Å². The van der Waals surface area contributed by atoms with Crippen LogP contribution < -0.4 is 4.90 Å². The molecule has 0 aliphatic rings. The number of imidazole rings is 1. The van der Waals surface area contributed by atoms with Gasteiger partial charge in [-0.15, -0.1) is 12.4 Å². The highest BCUT2D eigenvalue weighted by atomic mass is 79.9. The van der Waals surface area contributed by atoms with E-state index in [9.17, 15) is 4.79 Å². The van der Waals surface area contributed by atoms with Crippen LogP contribution in [0.3, 0.4) is 0 Å². The molecule has 10 heteroatoms. The number of hydrogen-bond donors (Lipinski definition) is 0. The van der Waals surface area contributed by atoms with Gasteiger partial charge in [-0.2, -0.15) is 0 Å². The van der Waals surface area contributed by atoms with Gasteiger partial charge in [-0.05, 0) is 36.8 Å². The first kappa shape index (κ1) is 23.0. The average Bonchev–Trinajstić information content (AvgIpc) is 3.37. The number of thiazole rings is 1. The number of amides is 1. The van der Waals surface area contributed by atoms with Crippen molar-refractivity contribution in [2.75, 3.05) is 11.4 Å². The zero-order chi connectivity index (χ0) is 20.4. The Morgan fingerprint density at radius 1 is 1.20 bits per heavy atom. The number of hydrogen-bond acceptors (Lipinski definition) is 4. The SMILES string of the molecule is Cl.O=C(c1cc(Br)ccc1Cl)N(CCCn1ccnc1)c1nc2c(Cl)cccc2s1. The lowest BCUT2D eigenvalue weighted by Gasteiger charge is -2.21. The first-order valence-electron chi connectivity index (χ1n) is 8.80. The van der Waals surface area contributed by atoms with E-state index in [1.54, 1.807) is 41.7 Å². The second-order valence-electron chi connectivity index (χ2n) is 6.32. The normalized spacial score (nSPS) is 10.8. The number of fused-ring (bicyclic) bond motifs is 1. The largest absolute Gasteiger partial charge is 0.337 e.